The van der Waals surface area contributed by atoms with Crippen molar-refractivity contribution in [2.24, 2.45) is 94.7 Å². The number of hydrogen-bond donors (Lipinski definition) is 10. The van der Waals surface area contributed by atoms with E-state index in [1.54, 1.807) is 0 Å². The third-order valence-corrected chi connectivity index (χ3v) is 17.0. The van der Waals surface area contributed by atoms with E-state index in [0.29, 0.717) is 45.4 Å². The van der Waals surface area contributed by atoms with Gasteiger partial charge in [-0.05, 0) is 70.6 Å². The Balaban J connectivity index is 1.94. The minimum absolute atomic E-state index is 0.0127. The number of hydrogen-bond acceptors (Lipinski definition) is 13. The summed E-state index contributed by atoms with van der Waals surface area (Å²) in [5, 5.41) is 6.31. The smallest absolute Gasteiger partial charge is 0.370 e. The van der Waals surface area contributed by atoms with E-state index < -0.39 is 112 Å². The molecule has 1 fully saturated rings. The average Bonchev–Trinajstić information content (AvgIpc) is 3.83. The van der Waals surface area contributed by atoms with E-state index >= 15 is 0 Å². The molecular weight excluding hydrogens is 938 g/mol. The number of phosphoric acid groups is 1. The molecule has 0 aromatic heterocycles. The fourth-order valence-corrected chi connectivity index (χ4v) is 13.1. The molecule has 7 amide bonds. The molecule has 22 nitrogen and oxygen atoms in total. The molecule has 392 valence electrons. The predicted molar refractivity (Wildman–Crippen MR) is 265 cm³/mol. The van der Waals surface area contributed by atoms with Gasteiger partial charge >= 0.3 is 7.82 Å². The molecule has 5 aliphatic rings. The Morgan fingerprint density at radius 1 is 0.761 bits per heavy atom. The molecular formula is C48H74N11O11P. The molecule has 0 aromatic carbocycles. The minimum Gasteiger partial charge on any atom is -0.370 e. The first-order valence-corrected chi connectivity index (χ1v) is 25.5. The molecule has 23 heteroatoms. The zero-order valence-electron chi connectivity index (χ0n) is 42.3. The highest BCUT2D eigenvalue weighted by Gasteiger charge is 2.66. The Labute approximate surface area is 414 Å². The normalized spacial score (nSPS) is 31.3. The number of phosphoric ester groups is 1. The Bertz CT molecular complexity index is 2510. The van der Waals surface area contributed by atoms with Crippen LogP contribution in [0.15, 0.2) is 49.3 Å². The van der Waals surface area contributed by atoms with Gasteiger partial charge in [0.2, 0.25) is 41.4 Å². The maximum Gasteiger partial charge on any atom is 0.469 e. The number of nitrogens with one attached hydrogen (secondary N) is 2. The first-order chi connectivity index (χ1) is 32.6. The van der Waals surface area contributed by atoms with Crippen molar-refractivity contribution in [2.75, 3.05) is 6.54 Å². The highest BCUT2D eigenvalue weighted by molar-refractivity contribution is 7.46. The van der Waals surface area contributed by atoms with Crippen LogP contribution in [0.1, 0.15) is 133 Å². The van der Waals surface area contributed by atoms with Crippen molar-refractivity contribution in [1.29, 1.82) is 0 Å². The Kier molecular flexibility index (Phi) is 16.3. The van der Waals surface area contributed by atoms with Crippen LogP contribution < -0.4 is 45.0 Å². The van der Waals surface area contributed by atoms with Gasteiger partial charge in [0.05, 0.1) is 17.7 Å². The van der Waals surface area contributed by atoms with Crippen molar-refractivity contribution in [3.63, 3.8) is 0 Å². The number of nitrogens with zero attached hydrogens (tertiary/aromatic N) is 3. The zero-order valence-corrected chi connectivity index (χ0v) is 43.2. The first kappa shape index (κ1) is 56.3. The second-order valence-corrected chi connectivity index (χ2v) is 22.9. The van der Waals surface area contributed by atoms with Crippen molar-refractivity contribution < 1.29 is 52.4 Å². The van der Waals surface area contributed by atoms with Gasteiger partial charge < -0.3 is 54.8 Å². The van der Waals surface area contributed by atoms with Crippen LogP contribution in [0, 0.1) is 45.3 Å². The van der Waals surface area contributed by atoms with Gasteiger partial charge in [0.15, 0.2) is 0 Å². The maximum absolute atomic E-state index is 13.7. The number of rotatable bonds is 22. The van der Waals surface area contributed by atoms with Gasteiger partial charge in [-0.15, -0.1) is 0 Å². The van der Waals surface area contributed by atoms with E-state index in [0.717, 1.165) is 0 Å². The average molecular weight is 1010 g/mol. The van der Waals surface area contributed by atoms with Crippen molar-refractivity contribution in [2.45, 2.75) is 151 Å². The zero-order chi connectivity index (χ0) is 53.6. The monoisotopic (exact) mass is 1010 g/mol. The molecule has 8 bridgehead atoms. The molecule has 71 heavy (non-hydrogen) atoms. The van der Waals surface area contributed by atoms with Crippen molar-refractivity contribution >= 4 is 66.3 Å². The molecule has 0 saturated carbocycles. The fourth-order valence-electron chi connectivity index (χ4n) is 12.6. The molecule has 1 saturated heterocycles. The number of amides is 7. The van der Waals surface area contributed by atoms with Crippen LogP contribution in [-0.2, 0) is 42.7 Å². The lowest BCUT2D eigenvalue weighted by atomic mass is 9.55. The van der Waals surface area contributed by atoms with Crippen molar-refractivity contribution in [3.05, 3.63) is 34.3 Å². The van der Waals surface area contributed by atoms with Crippen molar-refractivity contribution in [1.82, 2.24) is 10.6 Å². The topological polar surface area (TPSA) is 404 Å². The molecule has 5 aliphatic heterocycles. The molecule has 0 spiro atoms. The van der Waals surface area contributed by atoms with Gasteiger partial charge in [-0.2, -0.15) is 0 Å². The fraction of sp³-hybridized carbons (Fsp3) is 0.667. The minimum atomic E-state index is -4.86. The standard InChI is InChI=1S/C48H74N11O11P/c1-23(70-71(67,68)69)22-55-38(66)16-17-45(6)29(18-35(52)63)43-48(9)47(8,21-37(54)65)28(12-15-34(51)62)40(59-48)25(3)42-46(7,20-36(53)64)26(10-13-32(49)60)30(56-42)19-31-44(4,5)27(11-14-33(50)61)39(57-31)24(2)41(45)58-43/h19,23,26-29,43,56H,10-18,20-22H2,1-9H3,(H2,49,60)(H2,50,61)(H2,51,62)(H2,52,63)(H2,53,64)(H2,54,65)(H,55,66)(H2,67,68,69). The van der Waals surface area contributed by atoms with Gasteiger partial charge in [-0.25, -0.2) is 4.57 Å². The predicted octanol–water partition coefficient (Wildman–Crippen LogP) is 1.85. The largest absolute Gasteiger partial charge is 0.469 e. The SMILES string of the molecule is CC1=C2N=C(C=C3NC(=C(C)C4=NC(C)(C5N=C1C(C)(CCC(=O)NCC(C)OP(=O)(O)O)C5CC(N)=O)C(C)(CC(N)=O)C4CCC(N)=O)C(C)(CC(N)=O)C3CCC(N)=O)C(C)(C)C2CCC(N)=O. The summed E-state index contributed by atoms with van der Waals surface area (Å²) in [7, 11) is -4.86. The van der Waals surface area contributed by atoms with Crippen LogP contribution >= 0.6 is 7.82 Å². The molecule has 0 aliphatic carbocycles. The number of fused-ring (bicyclic) bond motifs is 6. The molecule has 10 unspecified atom stereocenters. The van der Waals surface area contributed by atoms with Gasteiger partial charge in [0, 0.05) is 131 Å². The van der Waals surface area contributed by atoms with E-state index in [-0.39, 0.29) is 77.2 Å². The third-order valence-electron chi connectivity index (χ3n) is 16.4. The Morgan fingerprint density at radius 2 is 1.31 bits per heavy atom. The number of allylic oxidation sites excluding steroid dienone is 6. The summed E-state index contributed by atoms with van der Waals surface area (Å²) in [5.41, 5.74) is 34.2. The third kappa shape index (κ3) is 11.2. The number of aliphatic imine (C=N–C) groups is 3. The first-order valence-electron chi connectivity index (χ1n) is 24.0. The van der Waals surface area contributed by atoms with Crippen LogP contribution in [0.3, 0.4) is 0 Å². The Morgan fingerprint density at radius 3 is 1.83 bits per heavy atom. The van der Waals surface area contributed by atoms with Crippen molar-refractivity contribution in [3.8, 4) is 0 Å². The number of primary amides is 6. The van der Waals surface area contributed by atoms with Crippen LogP contribution in [-0.4, -0.2) is 92.5 Å². The molecule has 5 rings (SSSR count). The van der Waals surface area contributed by atoms with E-state index in [9.17, 15) is 47.9 Å². The summed E-state index contributed by atoms with van der Waals surface area (Å²) in [6.07, 6.45) is 0.315. The summed E-state index contributed by atoms with van der Waals surface area (Å²) in [6.45, 7) is 16.2. The summed E-state index contributed by atoms with van der Waals surface area (Å²) in [5.74, 6) is -6.85. The van der Waals surface area contributed by atoms with E-state index in [1.165, 1.54) is 6.92 Å². The van der Waals surface area contributed by atoms with Crippen LogP contribution in [0.4, 0.5) is 0 Å². The molecule has 5 heterocycles. The Hall–Kier alpha value is -5.57. The highest BCUT2D eigenvalue weighted by atomic mass is 31.2. The number of carbonyl (C=O) groups excluding carboxylic acids is 7. The molecule has 16 N–H and O–H groups in total. The van der Waals surface area contributed by atoms with Gasteiger partial charge in [-0.1, -0.05) is 34.6 Å². The van der Waals surface area contributed by atoms with Gasteiger partial charge in [-0.3, -0.25) is 53.1 Å². The molecule has 0 radical (unpaired) electrons. The quantitative estimate of drug-likeness (QED) is 0.0695. The summed E-state index contributed by atoms with van der Waals surface area (Å²) in [6, 6.07) is -0.987. The molecule has 0 aromatic rings. The summed E-state index contributed by atoms with van der Waals surface area (Å²) in [4.78, 5) is 127. The van der Waals surface area contributed by atoms with Gasteiger partial charge in [0.1, 0.15) is 0 Å². The van der Waals surface area contributed by atoms with Crippen LogP contribution in [0.2, 0.25) is 0 Å². The summed E-state index contributed by atoms with van der Waals surface area (Å²) < 4.78 is 16.2. The van der Waals surface area contributed by atoms with E-state index in [2.05, 4.69) is 10.6 Å². The van der Waals surface area contributed by atoms with E-state index in [1.807, 2.05) is 61.5 Å². The maximum atomic E-state index is 13.7. The lowest BCUT2D eigenvalue weighted by Gasteiger charge is -2.48. The lowest BCUT2D eigenvalue weighted by molar-refractivity contribution is -0.124. The number of nitrogens with two attached hydrogens (primary N) is 6. The van der Waals surface area contributed by atoms with E-state index in [4.69, 9.17) is 53.9 Å². The second-order valence-electron chi connectivity index (χ2n) is 21.7. The van der Waals surface area contributed by atoms with Crippen LogP contribution in [0.25, 0.3) is 0 Å². The highest BCUT2D eigenvalue weighted by Crippen LogP contribution is 2.62. The number of carbonyl (C=O) groups is 7. The van der Waals surface area contributed by atoms with Crippen LogP contribution in [0.5, 0.6) is 0 Å². The second kappa shape index (κ2) is 20.5. The molecule has 10 atom stereocenters. The van der Waals surface area contributed by atoms with Gasteiger partial charge in [0.25, 0.3) is 0 Å². The summed E-state index contributed by atoms with van der Waals surface area (Å²) >= 11 is 0. The lowest BCUT2D eigenvalue weighted by Crippen LogP contribution is -2.56.